The van der Waals surface area contributed by atoms with E-state index in [9.17, 15) is 0 Å². The van der Waals surface area contributed by atoms with Gasteiger partial charge in [-0.3, -0.25) is 0 Å². The molecule has 25 heavy (non-hydrogen) atoms. The summed E-state index contributed by atoms with van der Waals surface area (Å²) in [7, 11) is 2.05. The average Bonchev–Trinajstić information content (AvgIpc) is 3.24. The van der Waals surface area contributed by atoms with Gasteiger partial charge in [-0.2, -0.15) is 9.36 Å². The Kier molecular flexibility index (Phi) is 4.82. The monoisotopic (exact) mass is 374 g/mol. The lowest BCUT2D eigenvalue weighted by molar-refractivity contribution is 0.371. The molecule has 0 spiro atoms. The van der Waals surface area contributed by atoms with Crippen molar-refractivity contribution in [1.82, 2.24) is 19.7 Å². The van der Waals surface area contributed by atoms with E-state index in [1.807, 2.05) is 19.1 Å². The van der Waals surface area contributed by atoms with Gasteiger partial charge in [0.25, 0.3) is 0 Å². The summed E-state index contributed by atoms with van der Waals surface area (Å²) in [6.45, 7) is 1.99. The molecule has 8 heteroatoms. The average molecular weight is 375 g/mol. The quantitative estimate of drug-likeness (QED) is 0.623. The van der Waals surface area contributed by atoms with Crippen molar-refractivity contribution < 1.29 is 0 Å². The molecule has 0 unspecified atom stereocenters. The molecule has 3 aromatic heterocycles. The van der Waals surface area contributed by atoms with Gasteiger partial charge in [0.15, 0.2) is 0 Å². The van der Waals surface area contributed by atoms with Gasteiger partial charge in [-0.1, -0.05) is 0 Å². The lowest BCUT2D eigenvalue weighted by Crippen LogP contribution is -2.35. The molecule has 0 aliphatic heterocycles. The van der Waals surface area contributed by atoms with Crippen LogP contribution in [0.3, 0.4) is 0 Å². The number of aromatic nitrogens is 3. The van der Waals surface area contributed by atoms with E-state index in [1.54, 1.807) is 11.3 Å². The molecule has 132 valence electrons. The Morgan fingerprint density at radius 3 is 2.64 bits per heavy atom. The molecule has 1 saturated carbocycles. The summed E-state index contributed by atoms with van der Waals surface area (Å²) in [6.07, 6.45) is 4.74. The molecule has 6 nitrogen and oxygen atoms in total. The summed E-state index contributed by atoms with van der Waals surface area (Å²) in [6, 6.07) is 5.19. The standard InChI is InChI=1S/C17H22N6S2/c1-10-9-14(25-23-10)21-17-20-13-7-8-24-15(13)16(22-17)19-12-5-3-11(18-2)4-6-12/h7-9,11-12,18H,3-6H2,1-2H3,(H2,19,20,21,22)/t11-,12-. The van der Waals surface area contributed by atoms with Crippen molar-refractivity contribution in [1.29, 1.82) is 0 Å². The van der Waals surface area contributed by atoms with Gasteiger partial charge in [0.1, 0.15) is 10.8 Å². The first-order valence-electron chi connectivity index (χ1n) is 8.60. The van der Waals surface area contributed by atoms with Crippen molar-refractivity contribution in [2.24, 2.45) is 0 Å². The molecule has 3 heterocycles. The maximum atomic E-state index is 4.75. The zero-order valence-electron chi connectivity index (χ0n) is 14.4. The Balaban J connectivity index is 1.56. The molecule has 1 aliphatic rings. The molecule has 0 bridgehead atoms. The summed E-state index contributed by atoms with van der Waals surface area (Å²) < 4.78 is 5.43. The number of hydrogen-bond acceptors (Lipinski definition) is 8. The highest BCUT2D eigenvalue weighted by Crippen LogP contribution is 2.31. The minimum Gasteiger partial charge on any atom is -0.366 e. The lowest BCUT2D eigenvalue weighted by Gasteiger charge is -2.29. The second kappa shape index (κ2) is 7.23. The summed E-state index contributed by atoms with van der Waals surface area (Å²) >= 11 is 3.12. The fraction of sp³-hybridized carbons (Fsp3) is 0.471. The molecule has 0 radical (unpaired) electrons. The first-order chi connectivity index (χ1) is 12.2. The molecular formula is C17H22N6S2. The van der Waals surface area contributed by atoms with E-state index in [4.69, 9.17) is 4.98 Å². The third-order valence-electron chi connectivity index (χ3n) is 4.64. The summed E-state index contributed by atoms with van der Waals surface area (Å²) in [4.78, 5) is 9.39. The van der Waals surface area contributed by atoms with E-state index >= 15 is 0 Å². The van der Waals surface area contributed by atoms with Crippen LogP contribution >= 0.6 is 22.9 Å². The first-order valence-corrected chi connectivity index (χ1v) is 10.3. The van der Waals surface area contributed by atoms with Crippen LogP contribution in [0.5, 0.6) is 0 Å². The number of hydrogen-bond donors (Lipinski definition) is 3. The van der Waals surface area contributed by atoms with Gasteiger partial charge in [-0.25, -0.2) is 4.98 Å². The molecule has 3 aromatic rings. The maximum absolute atomic E-state index is 4.75. The largest absolute Gasteiger partial charge is 0.366 e. The summed E-state index contributed by atoms with van der Waals surface area (Å²) in [5, 5.41) is 13.4. The van der Waals surface area contributed by atoms with Crippen LogP contribution < -0.4 is 16.0 Å². The van der Waals surface area contributed by atoms with Crippen molar-refractivity contribution in [2.45, 2.75) is 44.7 Å². The third kappa shape index (κ3) is 3.75. The van der Waals surface area contributed by atoms with Crippen molar-refractivity contribution in [3.63, 3.8) is 0 Å². The smallest absolute Gasteiger partial charge is 0.230 e. The zero-order chi connectivity index (χ0) is 17.2. The Bertz CT molecular complexity index is 850. The number of thiophene rings is 1. The minimum absolute atomic E-state index is 0.475. The molecule has 0 atom stereocenters. The van der Waals surface area contributed by atoms with E-state index in [2.05, 4.69) is 37.7 Å². The van der Waals surface area contributed by atoms with E-state index in [0.29, 0.717) is 18.0 Å². The Labute approximate surface area is 155 Å². The Morgan fingerprint density at radius 2 is 1.92 bits per heavy atom. The van der Waals surface area contributed by atoms with Crippen LogP contribution in [-0.2, 0) is 0 Å². The second-order valence-electron chi connectivity index (χ2n) is 6.47. The SMILES string of the molecule is CN[C@H]1CC[C@H](Nc2nc(Nc3cc(C)ns3)nc3ccsc23)CC1. The van der Waals surface area contributed by atoms with Crippen molar-refractivity contribution in [3.05, 3.63) is 23.2 Å². The lowest BCUT2D eigenvalue weighted by atomic mass is 9.91. The topological polar surface area (TPSA) is 74.8 Å². The van der Waals surface area contributed by atoms with Gasteiger partial charge >= 0.3 is 0 Å². The molecule has 0 aromatic carbocycles. The molecular weight excluding hydrogens is 352 g/mol. The van der Waals surface area contributed by atoms with Crippen molar-refractivity contribution >= 4 is 49.9 Å². The van der Waals surface area contributed by atoms with Crippen LogP contribution in [0.4, 0.5) is 16.8 Å². The van der Waals surface area contributed by atoms with Gasteiger partial charge in [-0.05, 0) is 68.7 Å². The molecule has 1 aliphatic carbocycles. The van der Waals surface area contributed by atoms with Crippen LogP contribution in [0.2, 0.25) is 0 Å². The molecule has 3 N–H and O–H groups in total. The normalized spacial score (nSPS) is 20.7. The van der Waals surface area contributed by atoms with E-state index < -0.39 is 0 Å². The number of anilines is 3. The maximum Gasteiger partial charge on any atom is 0.230 e. The number of fused-ring (bicyclic) bond motifs is 1. The molecule has 4 rings (SSSR count). The highest BCUT2D eigenvalue weighted by atomic mass is 32.1. The van der Waals surface area contributed by atoms with Crippen molar-refractivity contribution in [2.75, 3.05) is 17.7 Å². The molecule has 0 amide bonds. The first kappa shape index (κ1) is 16.7. The van der Waals surface area contributed by atoms with Gasteiger partial charge in [0.05, 0.1) is 15.9 Å². The Hall–Kier alpha value is -1.77. The van der Waals surface area contributed by atoms with Crippen LogP contribution in [0, 0.1) is 6.92 Å². The second-order valence-corrected chi connectivity index (χ2v) is 8.19. The fourth-order valence-electron chi connectivity index (χ4n) is 3.27. The zero-order valence-corrected chi connectivity index (χ0v) is 16.0. The highest BCUT2D eigenvalue weighted by molar-refractivity contribution is 7.17. The fourth-order valence-corrected chi connectivity index (χ4v) is 4.71. The van der Waals surface area contributed by atoms with E-state index in [1.165, 1.54) is 37.2 Å². The Morgan fingerprint density at radius 1 is 1.12 bits per heavy atom. The van der Waals surface area contributed by atoms with E-state index in [0.717, 1.165) is 26.7 Å². The predicted octanol–water partition coefficient (Wildman–Crippen LogP) is 4.14. The number of nitrogens with one attached hydrogen (secondary N) is 3. The summed E-state index contributed by atoms with van der Waals surface area (Å²) in [5.74, 6) is 1.57. The number of rotatable bonds is 5. The van der Waals surface area contributed by atoms with Crippen LogP contribution in [0.1, 0.15) is 31.4 Å². The van der Waals surface area contributed by atoms with Gasteiger partial charge < -0.3 is 16.0 Å². The predicted molar refractivity (Wildman–Crippen MR) is 106 cm³/mol. The van der Waals surface area contributed by atoms with E-state index in [-0.39, 0.29) is 0 Å². The van der Waals surface area contributed by atoms with Crippen LogP contribution in [0.15, 0.2) is 17.5 Å². The third-order valence-corrected chi connectivity index (χ3v) is 6.35. The molecule has 0 saturated heterocycles. The van der Waals surface area contributed by atoms with Crippen LogP contribution in [0.25, 0.3) is 10.2 Å². The van der Waals surface area contributed by atoms with Crippen LogP contribution in [-0.4, -0.2) is 33.5 Å². The summed E-state index contributed by atoms with van der Waals surface area (Å²) in [5.41, 5.74) is 1.99. The number of nitrogens with zero attached hydrogens (tertiary/aromatic N) is 3. The number of aryl methyl sites for hydroxylation is 1. The minimum atomic E-state index is 0.475. The van der Waals surface area contributed by atoms with Crippen molar-refractivity contribution in [3.8, 4) is 0 Å². The highest BCUT2D eigenvalue weighted by Gasteiger charge is 2.21. The molecule has 1 fully saturated rings. The van der Waals surface area contributed by atoms with Gasteiger partial charge in [0.2, 0.25) is 5.95 Å². The van der Waals surface area contributed by atoms with Gasteiger partial charge in [-0.15, -0.1) is 11.3 Å². The van der Waals surface area contributed by atoms with Gasteiger partial charge in [0, 0.05) is 12.1 Å².